The van der Waals surface area contributed by atoms with Gasteiger partial charge in [0.25, 0.3) is 10.0 Å². The summed E-state index contributed by atoms with van der Waals surface area (Å²) in [6.45, 7) is 0.366. The second-order valence-electron chi connectivity index (χ2n) is 6.73. The summed E-state index contributed by atoms with van der Waals surface area (Å²) >= 11 is 0. The SMILES string of the molecule is CN=CC(=CN)c1cc(F)cc(S(=O)(=O)n2cc(CNC)cc2-c2ccccc2F)c1. The molecule has 0 spiro atoms. The maximum atomic E-state index is 14.5. The highest BCUT2D eigenvalue weighted by atomic mass is 32.2. The van der Waals surface area contributed by atoms with E-state index in [4.69, 9.17) is 5.73 Å². The number of nitrogens with zero attached hydrogens (tertiary/aromatic N) is 2. The van der Waals surface area contributed by atoms with Crippen LogP contribution in [0.1, 0.15) is 11.1 Å². The molecule has 0 aliphatic carbocycles. The van der Waals surface area contributed by atoms with Gasteiger partial charge in [0.15, 0.2) is 0 Å². The molecule has 0 atom stereocenters. The highest BCUT2D eigenvalue weighted by Crippen LogP contribution is 2.30. The smallest absolute Gasteiger partial charge is 0.268 e. The summed E-state index contributed by atoms with van der Waals surface area (Å²) in [6.07, 6.45) is 4.01. The molecule has 0 amide bonds. The molecule has 162 valence electrons. The number of rotatable bonds is 7. The van der Waals surface area contributed by atoms with Gasteiger partial charge in [0.1, 0.15) is 11.6 Å². The molecule has 3 N–H and O–H groups in total. The lowest BCUT2D eigenvalue weighted by molar-refractivity contribution is 0.583. The fraction of sp³-hybridized carbons (Fsp3) is 0.136. The molecule has 3 aromatic rings. The number of benzene rings is 2. The van der Waals surface area contributed by atoms with Crippen molar-refractivity contribution in [3.63, 3.8) is 0 Å². The zero-order chi connectivity index (χ0) is 22.6. The molecule has 0 unspecified atom stereocenters. The standard InChI is InChI=1S/C22H22F2N4O2S/c1-26-12-15-7-22(20-5-3-4-6-21(20)24)28(14-15)31(29,30)19-9-16(8-18(23)10-19)17(11-25)13-27-2/h3-11,13-14,26H,12,25H2,1-2H3. The Kier molecular flexibility index (Phi) is 6.67. The molecule has 1 aromatic heterocycles. The van der Waals surface area contributed by atoms with E-state index >= 15 is 0 Å². The van der Waals surface area contributed by atoms with Gasteiger partial charge < -0.3 is 11.1 Å². The minimum Gasteiger partial charge on any atom is -0.404 e. The molecule has 31 heavy (non-hydrogen) atoms. The largest absolute Gasteiger partial charge is 0.404 e. The van der Waals surface area contributed by atoms with Crippen molar-refractivity contribution >= 4 is 21.8 Å². The minimum atomic E-state index is -4.26. The number of aromatic nitrogens is 1. The Morgan fingerprint density at radius 3 is 2.58 bits per heavy atom. The lowest BCUT2D eigenvalue weighted by Gasteiger charge is -2.13. The summed E-state index contributed by atoms with van der Waals surface area (Å²) in [7, 11) is -1.03. The monoisotopic (exact) mass is 444 g/mol. The van der Waals surface area contributed by atoms with E-state index in [9.17, 15) is 17.2 Å². The van der Waals surface area contributed by atoms with Crippen LogP contribution in [-0.4, -0.2) is 32.7 Å². The molecular weight excluding hydrogens is 422 g/mol. The van der Waals surface area contributed by atoms with Crippen molar-refractivity contribution in [3.8, 4) is 11.3 Å². The summed E-state index contributed by atoms with van der Waals surface area (Å²) in [6, 6.07) is 10.8. The van der Waals surface area contributed by atoms with Crippen molar-refractivity contribution in [1.82, 2.24) is 9.29 Å². The van der Waals surface area contributed by atoms with Crippen LogP contribution in [0.3, 0.4) is 0 Å². The molecule has 0 radical (unpaired) electrons. The van der Waals surface area contributed by atoms with Crippen molar-refractivity contribution in [2.24, 2.45) is 10.7 Å². The van der Waals surface area contributed by atoms with E-state index in [1.54, 1.807) is 19.2 Å². The number of allylic oxidation sites excluding steroid dienone is 1. The quantitative estimate of drug-likeness (QED) is 0.547. The molecule has 2 aromatic carbocycles. The number of nitrogens with one attached hydrogen (secondary N) is 1. The van der Waals surface area contributed by atoms with Crippen LogP contribution in [0.25, 0.3) is 16.8 Å². The topological polar surface area (TPSA) is 89.5 Å². The lowest BCUT2D eigenvalue weighted by atomic mass is 10.1. The van der Waals surface area contributed by atoms with Crippen LogP contribution in [0.15, 0.2) is 70.8 Å². The van der Waals surface area contributed by atoms with Crippen LogP contribution in [0.2, 0.25) is 0 Å². The van der Waals surface area contributed by atoms with Gasteiger partial charge in [0.05, 0.1) is 10.6 Å². The number of aliphatic imine (C=N–C) groups is 1. The van der Waals surface area contributed by atoms with Crippen LogP contribution in [0.4, 0.5) is 8.78 Å². The van der Waals surface area contributed by atoms with Gasteiger partial charge in [-0.25, -0.2) is 21.2 Å². The van der Waals surface area contributed by atoms with E-state index in [1.165, 1.54) is 56.0 Å². The lowest BCUT2D eigenvalue weighted by Crippen LogP contribution is -2.14. The highest BCUT2D eigenvalue weighted by molar-refractivity contribution is 7.90. The zero-order valence-electron chi connectivity index (χ0n) is 17.0. The van der Waals surface area contributed by atoms with E-state index < -0.39 is 21.7 Å². The van der Waals surface area contributed by atoms with Gasteiger partial charge in [0, 0.05) is 43.3 Å². The molecule has 0 bridgehead atoms. The van der Waals surface area contributed by atoms with Crippen molar-refractivity contribution < 1.29 is 17.2 Å². The third-order valence-corrected chi connectivity index (χ3v) is 6.23. The van der Waals surface area contributed by atoms with Crippen molar-refractivity contribution in [3.05, 3.63) is 83.7 Å². The van der Waals surface area contributed by atoms with Gasteiger partial charge in [-0.3, -0.25) is 4.99 Å². The Labute approximate surface area is 179 Å². The molecule has 0 aliphatic heterocycles. The first kappa shape index (κ1) is 22.4. The maximum absolute atomic E-state index is 14.5. The van der Waals surface area contributed by atoms with E-state index in [1.807, 2.05) is 0 Å². The number of halogens is 2. The summed E-state index contributed by atoms with van der Waals surface area (Å²) in [5, 5.41) is 2.94. The highest BCUT2D eigenvalue weighted by Gasteiger charge is 2.24. The predicted octanol–water partition coefficient (Wildman–Crippen LogP) is 3.39. The number of nitrogens with two attached hydrogens (primary N) is 1. The molecule has 3 rings (SSSR count). The summed E-state index contributed by atoms with van der Waals surface area (Å²) in [5.41, 5.74) is 7.08. The van der Waals surface area contributed by atoms with Crippen LogP contribution >= 0.6 is 0 Å². The Bertz CT molecular complexity index is 1260. The molecule has 0 saturated heterocycles. The predicted molar refractivity (Wildman–Crippen MR) is 118 cm³/mol. The Morgan fingerprint density at radius 2 is 1.94 bits per heavy atom. The Morgan fingerprint density at radius 1 is 1.19 bits per heavy atom. The van der Waals surface area contributed by atoms with E-state index in [0.717, 1.165) is 10.0 Å². The second kappa shape index (κ2) is 9.23. The number of hydrogen-bond donors (Lipinski definition) is 2. The average Bonchev–Trinajstić information content (AvgIpc) is 3.16. The second-order valence-corrected chi connectivity index (χ2v) is 8.54. The van der Waals surface area contributed by atoms with Gasteiger partial charge in [0.2, 0.25) is 0 Å². The fourth-order valence-electron chi connectivity index (χ4n) is 3.21. The molecule has 0 saturated carbocycles. The average molecular weight is 445 g/mol. The van der Waals surface area contributed by atoms with Crippen molar-refractivity contribution in [1.29, 1.82) is 0 Å². The van der Waals surface area contributed by atoms with Crippen LogP contribution in [0, 0.1) is 11.6 Å². The Balaban J connectivity index is 2.23. The first-order valence-corrected chi connectivity index (χ1v) is 10.8. The normalized spacial score (nSPS) is 12.6. The fourth-order valence-corrected chi connectivity index (χ4v) is 4.66. The first-order valence-electron chi connectivity index (χ1n) is 9.33. The van der Waals surface area contributed by atoms with Crippen molar-refractivity contribution in [2.75, 3.05) is 14.1 Å². The molecular formula is C22H22F2N4O2S. The minimum absolute atomic E-state index is 0.116. The van der Waals surface area contributed by atoms with Crippen LogP contribution < -0.4 is 11.1 Å². The third kappa shape index (κ3) is 4.57. The first-order chi connectivity index (χ1) is 14.8. The van der Waals surface area contributed by atoms with Crippen LogP contribution in [0.5, 0.6) is 0 Å². The van der Waals surface area contributed by atoms with Gasteiger partial charge in [-0.2, -0.15) is 0 Å². The van der Waals surface area contributed by atoms with Gasteiger partial charge >= 0.3 is 0 Å². The summed E-state index contributed by atoms with van der Waals surface area (Å²) < 4.78 is 56.8. The van der Waals surface area contributed by atoms with Gasteiger partial charge in [-0.1, -0.05) is 12.1 Å². The molecule has 0 fully saturated rings. The molecule has 6 nitrogen and oxygen atoms in total. The van der Waals surface area contributed by atoms with E-state index in [0.29, 0.717) is 17.7 Å². The zero-order valence-corrected chi connectivity index (χ0v) is 17.8. The number of hydrogen-bond acceptors (Lipinski definition) is 5. The van der Waals surface area contributed by atoms with Gasteiger partial charge in [-0.15, -0.1) is 0 Å². The van der Waals surface area contributed by atoms with Crippen molar-refractivity contribution in [2.45, 2.75) is 11.4 Å². The van der Waals surface area contributed by atoms with E-state index in [2.05, 4.69) is 10.3 Å². The van der Waals surface area contributed by atoms with E-state index in [-0.39, 0.29) is 21.7 Å². The molecule has 1 heterocycles. The Hall–Kier alpha value is -3.30. The maximum Gasteiger partial charge on any atom is 0.268 e. The summed E-state index contributed by atoms with van der Waals surface area (Å²) in [4.78, 5) is 3.56. The van der Waals surface area contributed by atoms with Gasteiger partial charge in [-0.05, 0) is 54.6 Å². The molecule has 0 aliphatic rings. The third-order valence-electron chi connectivity index (χ3n) is 4.58. The van der Waals surface area contributed by atoms with Crippen LogP contribution in [-0.2, 0) is 16.6 Å². The summed E-state index contributed by atoms with van der Waals surface area (Å²) in [5.74, 6) is -1.32. The molecule has 9 heteroatoms.